The summed E-state index contributed by atoms with van der Waals surface area (Å²) in [4.78, 5) is 11.6. The predicted molar refractivity (Wildman–Crippen MR) is 120 cm³/mol. The molecule has 2 aromatic carbocycles. The maximum absolute atomic E-state index is 11.6. The zero-order valence-corrected chi connectivity index (χ0v) is 19.3. The van der Waals surface area contributed by atoms with Crippen molar-refractivity contribution < 1.29 is 14.3 Å². The van der Waals surface area contributed by atoms with Crippen LogP contribution in [-0.2, 0) is 15.6 Å². The molecule has 0 aliphatic carbocycles. The molecule has 0 saturated heterocycles. The minimum atomic E-state index is -0.329. The average molecular weight is 398 g/mol. The van der Waals surface area contributed by atoms with E-state index in [1.54, 1.807) is 19.2 Å². The Morgan fingerprint density at radius 1 is 0.897 bits per heavy atom. The molecule has 0 saturated carbocycles. The summed E-state index contributed by atoms with van der Waals surface area (Å²) in [5.74, 6) is 0.646. The largest absolute Gasteiger partial charge is 0.496 e. The highest BCUT2D eigenvalue weighted by atomic mass is 16.5. The lowest BCUT2D eigenvalue weighted by atomic mass is 9.77. The van der Waals surface area contributed by atoms with Gasteiger partial charge in [-0.05, 0) is 59.7 Å². The van der Waals surface area contributed by atoms with Crippen molar-refractivity contribution in [2.75, 3.05) is 19.5 Å². The number of esters is 1. The van der Waals surface area contributed by atoms with E-state index in [1.807, 2.05) is 12.1 Å². The Kier molecular flexibility index (Phi) is 6.67. The molecule has 0 aromatic heterocycles. The minimum Gasteiger partial charge on any atom is -0.496 e. The van der Waals surface area contributed by atoms with E-state index in [0.29, 0.717) is 5.56 Å². The maximum atomic E-state index is 11.6. The number of carbonyl (C=O) groups is 1. The van der Waals surface area contributed by atoms with Crippen molar-refractivity contribution in [3.63, 3.8) is 0 Å². The van der Waals surface area contributed by atoms with Crippen molar-refractivity contribution in [1.29, 1.82) is 0 Å². The first kappa shape index (κ1) is 22.8. The van der Waals surface area contributed by atoms with Crippen LogP contribution < -0.4 is 10.1 Å². The molecular weight excluding hydrogens is 362 g/mol. The molecule has 1 N–H and O–H groups in total. The topological polar surface area (TPSA) is 47.6 Å². The van der Waals surface area contributed by atoms with E-state index in [9.17, 15) is 4.79 Å². The van der Waals surface area contributed by atoms with Gasteiger partial charge in [0.25, 0.3) is 0 Å². The van der Waals surface area contributed by atoms with Crippen molar-refractivity contribution >= 4 is 11.7 Å². The number of benzene rings is 2. The molecule has 29 heavy (non-hydrogen) atoms. The summed E-state index contributed by atoms with van der Waals surface area (Å²) < 4.78 is 10.6. The Hall–Kier alpha value is -2.49. The molecular formula is C25H35NO3. The lowest BCUT2D eigenvalue weighted by Crippen LogP contribution is -2.21. The first-order valence-electron chi connectivity index (χ1n) is 10.1. The molecule has 0 fully saturated rings. The molecule has 4 heteroatoms. The van der Waals surface area contributed by atoms with Crippen molar-refractivity contribution in [2.45, 2.75) is 65.3 Å². The van der Waals surface area contributed by atoms with Gasteiger partial charge in [-0.15, -0.1) is 0 Å². The second-order valence-electron chi connectivity index (χ2n) is 9.58. The van der Waals surface area contributed by atoms with E-state index in [1.165, 1.54) is 23.8 Å². The summed E-state index contributed by atoms with van der Waals surface area (Å²) >= 11 is 0. The third-order valence-corrected chi connectivity index (χ3v) is 5.12. The van der Waals surface area contributed by atoms with Gasteiger partial charge >= 0.3 is 5.97 Å². The summed E-state index contributed by atoms with van der Waals surface area (Å²) in [6.45, 7) is 15.4. The number of carbonyl (C=O) groups excluding carboxylic acids is 1. The van der Waals surface area contributed by atoms with Gasteiger partial charge in [-0.2, -0.15) is 0 Å². The number of anilines is 1. The number of rotatable bonds is 5. The fourth-order valence-corrected chi connectivity index (χ4v) is 3.39. The number of hydrogen-bond acceptors (Lipinski definition) is 4. The second kappa shape index (κ2) is 8.48. The number of hydrogen-bond donors (Lipinski definition) is 1. The van der Waals surface area contributed by atoms with Crippen LogP contribution in [0.2, 0.25) is 0 Å². The van der Waals surface area contributed by atoms with Gasteiger partial charge in [-0.1, -0.05) is 41.5 Å². The highest BCUT2D eigenvalue weighted by molar-refractivity contribution is 5.89. The molecule has 1 unspecified atom stereocenters. The third kappa shape index (κ3) is 5.31. The van der Waals surface area contributed by atoms with Gasteiger partial charge in [-0.25, -0.2) is 4.79 Å². The lowest BCUT2D eigenvalue weighted by Gasteiger charge is -2.31. The summed E-state index contributed by atoms with van der Waals surface area (Å²) in [6, 6.07) is 11.9. The van der Waals surface area contributed by atoms with Gasteiger partial charge in [0.15, 0.2) is 0 Å². The average Bonchev–Trinajstić information content (AvgIpc) is 2.65. The molecule has 2 rings (SSSR count). The summed E-state index contributed by atoms with van der Waals surface area (Å²) in [5, 5.41) is 3.54. The van der Waals surface area contributed by atoms with Crippen molar-refractivity contribution in [1.82, 2.24) is 0 Å². The summed E-state index contributed by atoms with van der Waals surface area (Å²) in [6.07, 6.45) is 0. The molecule has 0 bridgehead atoms. The molecule has 1 atom stereocenters. The van der Waals surface area contributed by atoms with Crippen LogP contribution in [0.5, 0.6) is 5.75 Å². The Morgan fingerprint density at radius 3 is 1.76 bits per heavy atom. The van der Waals surface area contributed by atoms with E-state index in [0.717, 1.165) is 11.4 Å². The van der Waals surface area contributed by atoms with Crippen molar-refractivity contribution in [2.24, 2.45) is 0 Å². The van der Waals surface area contributed by atoms with E-state index in [4.69, 9.17) is 9.47 Å². The van der Waals surface area contributed by atoms with E-state index in [-0.39, 0.29) is 22.8 Å². The Labute approximate surface area is 175 Å². The van der Waals surface area contributed by atoms with E-state index in [2.05, 4.69) is 65.9 Å². The quantitative estimate of drug-likeness (QED) is 0.606. The van der Waals surface area contributed by atoms with Gasteiger partial charge < -0.3 is 14.8 Å². The van der Waals surface area contributed by atoms with Crippen molar-refractivity contribution in [3.05, 3.63) is 58.7 Å². The molecule has 0 heterocycles. The number of nitrogens with one attached hydrogen (secondary N) is 1. The fourth-order valence-electron chi connectivity index (χ4n) is 3.39. The first-order valence-corrected chi connectivity index (χ1v) is 10.1. The van der Waals surface area contributed by atoms with Crippen LogP contribution in [0.3, 0.4) is 0 Å². The second-order valence-corrected chi connectivity index (χ2v) is 9.58. The molecule has 4 nitrogen and oxygen atoms in total. The lowest BCUT2D eigenvalue weighted by molar-refractivity contribution is 0.0601. The van der Waals surface area contributed by atoms with E-state index < -0.39 is 0 Å². The van der Waals surface area contributed by atoms with Crippen LogP contribution >= 0.6 is 0 Å². The monoisotopic (exact) mass is 397 g/mol. The summed E-state index contributed by atoms with van der Waals surface area (Å²) in [7, 11) is 3.14. The zero-order chi connectivity index (χ0) is 22.0. The number of methoxy groups -OCH3 is 2. The minimum absolute atomic E-state index is 0.0385. The van der Waals surface area contributed by atoms with Gasteiger partial charge in [0.1, 0.15) is 5.75 Å². The SMILES string of the molecule is COC(=O)c1ccc(NC(C)c2cc(C(C)(C)C)c(OC)c(C(C)(C)C)c2)cc1. The van der Waals surface area contributed by atoms with Gasteiger partial charge in [0.2, 0.25) is 0 Å². The van der Waals surface area contributed by atoms with Crippen LogP contribution in [-0.4, -0.2) is 20.2 Å². The van der Waals surface area contributed by atoms with Crippen LogP contribution in [0.25, 0.3) is 0 Å². The van der Waals surface area contributed by atoms with Crippen molar-refractivity contribution in [3.8, 4) is 5.75 Å². The Morgan fingerprint density at radius 2 is 1.38 bits per heavy atom. The fraction of sp³-hybridized carbons (Fsp3) is 0.480. The molecule has 0 spiro atoms. The van der Waals surface area contributed by atoms with Crippen LogP contribution in [0, 0.1) is 0 Å². The normalized spacial score (nSPS) is 13.0. The Balaban J connectivity index is 2.44. The first-order chi connectivity index (χ1) is 13.4. The van der Waals surface area contributed by atoms with Crippen LogP contribution in [0.1, 0.15) is 81.6 Å². The zero-order valence-electron chi connectivity index (χ0n) is 19.3. The molecule has 0 aliphatic rings. The van der Waals surface area contributed by atoms with Crippen LogP contribution in [0.15, 0.2) is 36.4 Å². The molecule has 0 aliphatic heterocycles. The molecule has 0 radical (unpaired) electrons. The highest BCUT2D eigenvalue weighted by Gasteiger charge is 2.28. The van der Waals surface area contributed by atoms with Gasteiger partial charge in [0.05, 0.1) is 19.8 Å². The Bertz CT molecular complexity index is 820. The predicted octanol–water partition coefficient (Wildman–Crippen LogP) is 6.25. The molecule has 0 amide bonds. The molecule has 2 aromatic rings. The number of ether oxygens (including phenoxy) is 2. The van der Waals surface area contributed by atoms with Crippen LogP contribution in [0.4, 0.5) is 5.69 Å². The van der Waals surface area contributed by atoms with Gasteiger partial charge in [-0.3, -0.25) is 0 Å². The van der Waals surface area contributed by atoms with Gasteiger partial charge in [0, 0.05) is 22.9 Å². The molecule has 158 valence electrons. The smallest absolute Gasteiger partial charge is 0.337 e. The maximum Gasteiger partial charge on any atom is 0.337 e. The highest BCUT2D eigenvalue weighted by Crippen LogP contribution is 2.41. The van der Waals surface area contributed by atoms with E-state index >= 15 is 0 Å². The summed E-state index contributed by atoms with van der Waals surface area (Å²) in [5.41, 5.74) is 5.04. The standard InChI is InChI=1S/C25H35NO3/c1-16(26-19-12-10-17(11-13-19)23(27)29-9)18-14-20(24(2,3)4)22(28-8)21(15-18)25(5,6)7/h10-16,26H,1-9H3. The third-order valence-electron chi connectivity index (χ3n) is 5.12.